The lowest BCUT2D eigenvalue weighted by atomic mass is 9.80. The minimum Gasteiger partial charge on any atom is -0.461 e. The van der Waals surface area contributed by atoms with Crippen LogP contribution in [0, 0.1) is 11.8 Å². The second-order valence-corrected chi connectivity index (χ2v) is 12.3. The SMILES string of the molecule is CC(C)C[C@@H](C(=O)NC(CC1CCC1)C(=O)C(N)=O)N1CCCCCC[C@H](NC(=O)N[C@H](C(=O)OC(C)C)C(F)(F)F)C1=O. The van der Waals surface area contributed by atoms with Crippen molar-refractivity contribution in [1.29, 1.82) is 0 Å². The Morgan fingerprint density at radius 1 is 0.955 bits per heavy atom. The number of esters is 1. The Balaban J connectivity index is 2.31. The number of ketones is 1. The largest absolute Gasteiger partial charge is 0.461 e. The molecule has 1 heterocycles. The zero-order chi connectivity index (χ0) is 33.2. The summed E-state index contributed by atoms with van der Waals surface area (Å²) in [7, 11) is 0. The predicted molar refractivity (Wildman–Crippen MR) is 153 cm³/mol. The number of ether oxygens (including phenoxy) is 1. The topological polar surface area (TPSA) is 177 Å². The number of amides is 5. The van der Waals surface area contributed by atoms with E-state index in [0.29, 0.717) is 25.7 Å². The highest BCUT2D eigenvalue weighted by molar-refractivity contribution is 6.37. The van der Waals surface area contributed by atoms with Crippen molar-refractivity contribution in [2.24, 2.45) is 17.6 Å². The van der Waals surface area contributed by atoms with Gasteiger partial charge in [-0.15, -0.1) is 0 Å². The number of Topliss-reactive ketones (excluding diaryl/α,β-unsaturated/α-hetero) is 1. The number of hydrogen-bond acceptors (Lipinski definition) is 7. The van der Waals surface area contributed by atoms with Crippen molar-refractivity contribution < 1.29 is 46.7 Å². The smallest absolute Gasteiger partial charge is 0.419 e. The molecule has 0 spiro atoms. The summed E-state index contributed by atoms with van der Waals surface area (Å²) in [5.74, 6) is -5.12. The Hall–Kier alpha value is -3.39. The van der Waals surface area contributed by atoms with Gasteiger partial charge in [0.1, 0.15) is 12.1 Å². The average molecular weight is 634 g/mol. The van der Waals surface area contributed by atoms with Gasteiger partial charge in [0.2, 0.25) is 23.6 Å². The van der Waals surface area contributed by atoms with Crippen molar-refractivity contribution in [2.75, 3.05) is 6.54 Å². The molecule has 4 atom stereocenters. The first-order chi connectivity index (χ1) is 20.5. The molecule has 1 saturated carbocycles. The molecule has 2 aliphatic rings. The van der Waals surface area contributed by atoms with Crippen molar-refractivity contribution in [3.63, 3.8) is 0 Å². The number of hydrogen-bond donors (Lipinski definition) is 4. The lowest BCUT2D eigenvalue weighted by Crippen LogP contribution is -2.61. The number of nitrogens with zero attached hydrogens (tertiary/aromatic N) is 1. The van der Waals surface area contributed by atoms with Crippen LogP contribution in [0.4, 0.5) is 18.0 Å². The van der Waals surface area contributed by atoms with Crippen LogP contribution in [-0.4, -0.2) is 83.4 Å². The minimum absolute atomic E-state index is 0.0797. The molecule has 2 fully saturated rings. The number of nitrogens with one attached hydrogen (secondary N) is 3. The molecule has 5 amide bonds. The van der Waals surface area contributed by atoms with Gasteiger partial charge in [-0.1, -0.05) is 52.4 Å². The summed E-state index contributed by atoms with van der Waals surface area (Å²) in [4.78, 5) is 78.0. The first-order valence-electron chi connectivity index (χ1n) is 15.3. The highest BCUT2D eigenvalue weighted by Gasteiger charge is 2.48. The van der Waals surface area contributed by atoms with Gasteiger partial charge in [-0.3, -0.25) is 19.2 Å². The fourth-order valence-corrected chi connectivity index (χ4v) is 5.32. The number of nitrogens with two attached hydrogens (primary N) is 1. The number of carbonyl (C=O) groups is 6. The van der Waals surface area contributed by atoms with E-state index in [1.54, 1.807) is 5.32 Å². The Bertz CT molecular complexity index is 1050. The molecule has 0 aromatic heterocycles. The lowest BCUT2D eigenvalue weighted by molar-refractivity contribution is -0.185. The lowest BCUT2D eigenvalue weighted by Gasteiger charge is -2.36. The Morgan fingerprint density at radius 3 is 2.11 bits per heavy atom. The van der Waals surface area contributed by atoms with E-state index >= 15 is 0 Å². The quantitative estimate of drug-likeness (QED) is 0.178. The van der Waals surface area contributed by atoms with Gasteiger partial charge in [-0.05, 0) is 51.4 Å². The van der Waals surface area contributed by atoms with Crippen LogP contribution >= 0.6 is 0 Å². The van der Waals surface area contributed by atoms with Crippen molar-refractivity contribution in [2.45, 2.75) is 128 Å². The maximum atomic E-state index is 13.9. The summed E-state index contributed by atoms with van der Waals surface area (Å²) in [5, 5.41) is 6.49. The predicted octanol–water partition coefficient (Wildman–Crippen LogP) is 2.47. The van der Waals surface area contributed by atoms with E-state index in [1.165, 1.54) is 18.7 Å². The third-order valence-corrected chi connectivity index (χ3v) is 7.76. The van der Waals surface area contributed by atoms with Crippen LogP contribution in [0.2, 0.25) is 0 Å². The molecule has 1 aliphatic heterocycles. The third-order valence-electron chi connectivity index (χ3n) is 7.76. The van der Waals surface area contributed by atoms with Gasteiger partial charge >= 0.3 is 18.2 Å². The van der Waals surface area contributed by atoms with E-state index in [9.17, 15) is 41.9 Å². The number of halogens is 3. The molecule has 1 aliphatic carbocycles. The van der Waals surface area contributed by atoms with Gasteiger partial charge in [-0.25, -0.2) is 9.59 Å². The molecule has 250 valence electrons. The molecule has 44 heavy (non-hydrogen) atoms. The van der Waals surface area contributed by atoms with Crippen molar-refractivity contribution in [3.8, 4) is 0 Å². The van der Waals surface area contributed by atoms with E-state index in [-0.39, 0.29) is 37.6 Å². The van der Waals surface area contributed by atoms with Crippen LogP contribution < -0.4 is 21.7 Å². The van der Waals surface area contributed by atoms with Crippen LogP contribution in [0.3, 0.4) is 0 Å². The highest BCUT2D eigenvalue weighted by Crippen LogP contribution is 2.31. The summed E-state index contributed by atoms with van der Waals surface area (Å²) < 4.78 is 45.4. The van der Waals surface area contributed by atoms with E-state index in [2.05, 4.69) is 15.4 Å². The number of alkyl halides is 3. The van der Waals surface area contributed by atoms with E-state index < -0.39 is 72.0 Å². The molecule has 1 unspecified atom stereocenters. The molecular weight excluding hydrogens is 587 g/mol. The van der Waals surface area contributed by atoms with Crippen LogP contribution in [0.1, 0.15) is 91.9 Å². The van der Waals surface area contributed by atoms with Crippen LogP contribution in [0.15, 0.2) is 0 Å². The number of primary amides is 1. The number of urea groups is 1. The van der Waals surface area contributed by atoms with Crippen molar-refractivity contribution in [1.82, 2.24) is 20.9 Å². The van der Waals surface area contributed by atoms with Gasteiger partial charge in [-0.2, -0.15) is 13.2 Å². The zero-order valence-electron chi connectivity index (χ0n) is 25.8. The molecule has 0 aromatic rings. The molecule has 15 heteroatoms. The number of rotatable bonds is 13. The van der Waals surface area contributed by atoms with Crippen molar-refractivity contribution >= 4 is 35.5 Å². The standard InChI is InChI=1S/C29H46F3N5O7/c1-16(2)14-21(25(40)34-20(22(38)24(33)39)15-18-10-9-11-18)37-13-8-6-5-7-12-19(26(37)41)35-28(43)36-23(29(30,31)32)27(42)44-17(3)4/h16-21,23H,5-15H2,1-4H3,(H2,33,39)(H,34,40)(H2,35,36,43)/t19-,20?,21-,23+/m0/s1. The maximum Gasteiger partial charge on any atom is 0.419 e. The average Bonchev–Trinajstić information content (AvgIpc) is 2.96. The Morgan fingerprint density at radius 2 is 1.59 bits per heavy atom. The molecule has 12 nitrogen and oxygen atoms in total. The third kappa shape index (κ3) is 11.3. The van der Waals surface area contributed by atoms with E-state index in [0.717, 1.165) is 19.3 Å². The van der Waals surface area contributed by atoms with Gasteiger partial charge in [0, 0.05) is 6.54 Å². The van der Waals surface area contributed by atoms with Gasteiger partial charge in [0.05, 0.1) is 12.1 Å². The molecule has 0 bridgehead atoms. The Kier molecular flexibility index (Phi) is 13.9. The monoisotopic (exact) mass is 633 g/mol. The molecule has 5 N–H and O–H groups in total. The van der Waals surface area contributed by atoms with Crippen LogP contribution in [0.25, 0.3) is 0 Å². The highest BCUT2D eigenvalue weighted by atomic mass is 19.4. The summed E-state index contributed by atoms with van der Waals surface area (Å²) >= 11 is 0. The molecule has 0 radical (unpaired) electrons. The van der Waals surface area contributed by atoms with Gasteiger partial charge in [0.25, 0.3) is 5.91 Å². The normalized spacial score (nSPS) is 20.3. The summed E-state index contributed by atoms with van der Waals surface area (Å²) in [6.45, 7) is 6.50. The molecular formula is C29H46F3N5O7. The number of carbonyl (C=O) groups excluding carboxylic acids is 6. The minimum atomic E-state index is -5.16. The second-order valence-electron chi connectivity index (χ2n) is 12.3. The fourth-order valence-electron chi connectivity index (χ4n) is 5.32. The van der Waals surface area contributed by atoms with E-state index in [1.807, 2.05) is 13.8 Å². The zero-order valence-corrected chi connectivity index (χ0v) is 25.8. The van der Waals surface area contributed by atoms with E-state index in [4.69, 9.17) is 5.73 Å². The van der Waals surface area contributed by atoms with Crippen molar-refractivity contribution in [3.05, 3.63) is 0 Å². The summed E-state index contributed by atoms with van der Waals surface area (Å²) in [6.07, 6.45) is -0.505. The molecule has 2 rings (SSSR count). The summed E-state index contributed by atoms with van der Waals surface area (Å²) in [5.41, 5.74) is 5.24. The molecule has 0 aromatic carbocycles. The molecule has 1 saturated heterocycles. The first-order valence-corrected chi connectivity index (χ1v) is 15.3. The fraction of sp³-hybridized carbons (Fsp3) is 0.793. The van der Waals surface area contributed by atoms with Gasteiger partial charge < -0.3 is 31.3 Å². The first kappa shape index (κ1) is 36.8. The van der Waals surface area contributed by atoms with Gasteiger partial charge in [0.15, 0.2) is 0 Å². The summed E-state index contributed by atoms with van der Waals surface area (Å²) in [6, 6.07) is -7.91. The second kappa shape index (κ2) is 16.6. The van der Waals surface area contributed by atoms with Crippen LogP contribution in [-0.2, 0) is 28.7 Å². The van der Waals surface area contributed by atoms with Crippen LogP contribution in [0.5, 0.6) is 0 Å². The Labute approximate surface area is 255 Å². The maximum absolute atomic E-state index is 13.9.